The van der Waals surface area contributed by atoms with Crippen LogP contribution in [0.3, 0.4) is 0 Å². The molecule has 0 fully saturated rings. The molecule has 34 heavy (non-hydrogen) atoms. The number of tetrazole rings is 1. The quantitative estimate of drug-likeness (QED) is 0.260. The summed E-state index contributed by atoms with van der Waals surface area (Å²) in [5.74, 6) is 4.24. The SMILES string of the molecule is C=S(=O)(c1cccc(CC(=O)CSc2nnnn2-c2ccccc2C)c1)N(C)c1ccccc1. The summed E-state index contributed by atoms with van der Waals surface area (Å²) in [7, 11) is -0.990. The molecule has 0 amide bonds. The van der Waals surface area contributed by atoms with Gasteiger partial charge in [-0.15, -0.1) is 5.10 Å². The second kappa shape index (κ2) is 10.2. The van der Waals surface area contributed by atoms with Crippen LogP contribution >= 0.6 is 11.8 Å². The van der Waals surface area contributed by atoms with Crippen molar-refractivity contribution in [2.75, 3.05) is 17.1 Å². The Morgan fingerprint density at radius 2 is 1.79 bits per heavy atom. The van der Waals surface area contributed by atoms with Crippen LogP contribution < -0.4 is 4.31 Å². The Labute approximate surface area is 204 Å². The largest absolute Gasteiger partial charge is 0.299 e. The number of carbonyl (C=O) groups is 1. The Kier molecular flexibility index (Phi) is 7.14. The van der Waals surface area contributed by atoms with Crippen LogP contribution in [-0.4, -0.2) is 48.9 Å². The van der Waals surface area contributed by atoms with Gasteiger partial charge in [0, 0.05) is 24.1 Å². The molecule has 1 aromatic heterocycles. The minimum Gasteiger partial charge on any atom is -0.299 e. The van der Waals surface area contributed by atoms with Gasteiger partial charge in [0.05, 0.1) is 21.1 Å². The van der Waals surface area contributed by atoms with Crippen molar-refractivity contribution >= 4 is 38.8 Å². The van der Waals surface area contributed by atoms with E-state index in [1.165, 1.54) is 11.8 Å². The summed E-state index contributed by atoms with van der Waals surface area (Å²) in [4.78, 5) is 13.3. The van der Waals surface area contributed by atoms with Crippen LogP contribution in [0.1, 0.15) is 11.1 Å². The van der Waals surface area contributed by atoms with Gasteiger partial charge < -0.3 is 0 Å². The summed E-state index contributed by atoms with van der Waals surface area (Å²) in [6, 6.07) is 24.5. The van der Waals surface area contributed by atoms with Gasteiger partial charge in [-0.2, -0.15) is 4.68 Å². The Hall–Kier alpha value is -3.43. The first-order valence-electron chi connectivity index (χ1n) is 10.6. The summed E-state index contributed by atoms with van der Waals surface area (Å²) < 4.78 is 16.8. The fourth-order valence-electron chi connectivity index (χ4n) is 3.47. The van der Waals surface area contributed by atoms with E-state index in [4.69, 9.17) is 0 Å². The minimum atomic E-state index is -2.75. The molecule has 0 aliphatic heterocycles. The monoisotopic (exact) mass is 491 g/mol. The van der Waals surface area contributed by atoms with Crippen LogP contribution in [0.25, 0.3) is 5.69 Å². The lowest BCUT2D eigenvalue weighted by molar-refractivity contribution is -0.116. The van der Waals surface area contributed by atoms with E-state index in [9.17, 15) is 9.00 Å². The molecule has 4 rings (SSSR count). The molecule has 1 atom stereocenters. The molecule has 4 aromatic rings. The molecule has 0 aliphatic rings. The number of para-hydroxylation sites is 2. The fraction of sp³-hybridized carbons (Fsp3) is 0.160. The fourth-order valence-corrected chi connectivity index (χ4v) is 5.61. The van der Waals surface area contributed by atoms with Gasteiger partial charge in [0.2, 0.25) is 5.16 Å². The van der Waals surface area contributed by atoms with E-state index in [-0.39, 0.29) is 18.0 Å². The molecule has 174 valence electrons. The van der Waals surface area contributed by atoms with Gasteiger partial charge in [-0.1, -0.05) is 60.3 Å². The Balaban J connectivity index is 1.44. The second-order valence-electron chi connectivity index (χ2n) is 7.78. The summed E-state index contributed by atoms with van der Waals surface area (Å²) in [5.41, 5.74) is 3.52. The van der Waals surface area contributed by atoms with Crippen LogP contribution in [-0.2, 0) is 20.9 Å². The second-order valence-corrected chi connectivity index (χ2v) is 11.0. The van der Waals surface area contributed by atoms with Gasteiger partial charge in [0.15, 0.2) is 0 Å². The summed E-state index contributed by atoms with van der Waals surface area (Å²) >= 11 is 1.30. The summed E-state index contributed by atoms with van der Waals surface area (Å²) in [6.45, 7) is 1.99. The number of hydrogen-bond donors (Lipinski definition) is 0. The van der Waals surface area contributed by atoms with Crippen molar-refractivity contribution in [3.63, 3.8) is 0 Å². The Bertz CT molecular complexity index is 1400. The Morgan fingerprint density at radius 3 is 2.56 bits per heavy atom. The third kappa shape index (κ3) is 5.21. The highest BCUT2D eigenvalue weighted by Gasteiger charge is 2.17. The third-order valence-corrected chi connectivity index (χ3v) is 8.44. The van der Waals surface area contributed by atoms with Crippen molar-refractivity contribution < 1.29 is 9.00 Å². The molecule has 9 heteroatoms. The maximum absolute atomic E-state index is 13.5. The molecule has 0 spiro atoms. The molecule has 0 saturated carbocycles. The number of nitrogens with zero attached hydrogens (tertiary/aromatic N) is 5. The maximum Gasteiger partial charge on any atom is 0.214 e. The molecule has 1 unspecified atom stereocenters. The molecule has 0 N–H and O–H groups in total. The van der Waals surface area contributed by atoms with Crippen molar-refractivity contribution in [2.45, 2.75) is 23.4 Å². The number of anilines is 1. The number of benzene rings is 3. The minimum absolute atomic E-state index is 0.0217. The zero-order chi connectivity index (χ0) is 24.1. The normalized spacial score (nSPS) is 12.8. The predicted molar refractivity (Wildman–Crippen MR) is 138 cm³/mol. The van der Waals surface area contributed by atoms with Crippen LogP contribution in [0.15, 0.2) is 88.9 Å². The first-order chi connectivity index (χ1) is 16.4. The zero-order valence-corrected chi connectivity index (χ0v) is 20.6. The van der Waals surface area contributed by atoms with Crippen LogP contribution in [0.4, 0.5) is 5.69 Å². The van der Waals surface area contributed by atoms with Gasteiger partial charge in [0.25, 0.3) is 0 Å². The number of Topliss-reactive ketones (excluding diaryl/α,β-unsaturated/α-hetero) is 1. The number of hydrogen-bond acceptors (Lipinski definition) is 6. The van der Waals surface area contributed by atoms with Crippen molar-refractivity contribution in [1.82, 2.24) is 20.2 Å². The lowest BCUT2D eigenvalue weighted by atomic mass is 10.1. The molecule has 0 radical (unpaired) electrons. The molecule has 3 aromatic carbocycles. The van der Waals surface area contributed by atoms with E-state index in [0.717, 1.165) is 22.5 Å². The maximum atomic E-state index is 13.5. The van der Waals surface area contributed by atoms with Crippen LogP contribution in [0.5, 0.6) is 0 Å². The smallest absolute Gasteiger partial charge is 0.214 e. The number of thioether (sulfide) groups is 1. The average molecular weight is 492 g/mol. The number of aryl methyl sites for hydroxylation is 1. The van der Waals surface area contributed by atoms with Crippen molar-refractivity contribution in [3.05, 3.63) is 90.0 Å². The van der Waals surface area contributed by atoms with Crippen molar-refractivity contribution in [1.29, 1.82) is 0 Å². The highest BCUT2D eigenvalue weighted by Crippen LogP contribution is 2.24. The van der Waals surface area contributed by atoms with E-state index >= 15 is 0 Å². The lowest BCUT2D eigenvalue weighted by Gasteiger charge is -2.24. The molecule has 0 saturated heterocycles. The lowest BCUT2D eigenvalue weighted by Crippen LogP contribution is -2.26. The van der Waals surface area contributed by atoms with E-state index in [1.807, 2.05) is 73.7 Å². The number of aromatic nitrogens is 4. The van der Waals surface area contributed by atoms with E-state index in [1.54, 1.807) is 28.2 Å². The van der Waals surface area contributed by atoms with Crippen molar-refractivity contribution in [3.8, 4) is 5.69 Å². The van der Waals surface area contributed by atoms with Gasteiger partial charge in [-0.3, -0.25) is 9.10 Å². The average Bonchev–Trinajstić information content (AvgIpc) is 3.31. The van der Waals surface area contributed by atoms with E-state index in [2.05, 4.69) is 21.4 Å². The topological polar surface area (TPSA) is 81.0 Å². The van der Waals surface area contributed by atoms with Crippen molar-refractivity contribution in [2.24, 2.45) is 0 Å². The first-order valence-corrected chi connectivity index (χ1v) is 13.3. The molecule has 0 bridgehead atoms. The number of ketones is 1. The first kappa shape index (κ1) is 23.7. The standard InChI is InChI=1S/C25H25N5O2S2/c1-19-10-7-8-15-24(19)30-25(26-27-28-30)33-18-22(31)16-20-11-9-14-23(17-20)34(3,32)29(2)21-12-5-4-6-13-21/h4-15,17H,3,16,18H2,1-2H3. The molecule has 0 aliphatic carbocycles. The van der Waals surface area contributed by atoms with Gasteiger partial charge in [-0.25, -0.2) is 4.21 Å². The molecule has 1 heterocycles. The Morgan fingerprint density at radius 1 is 1.06 bits per heavy atom. The summed E-state index contributed by atoms with van der Waals surface area (Å²) in [6.07, 6.45) is 0.220. The van der Waals surface area contributed by atoms with Crippen LogP contribution in [0, 0.1) is 6.92 Å². The van der Waals surface area contributed by atoms with Gasteiger partial charge >= 0.3 is 0 Å². The highest BCUT2D eigenvalue weighted by molar-refractivity contribution is 8.01. The van der Waals surface area contributed by atoms with Gasteiger partial charge in [0.1, 0.15) is 5.78 Å². The third-order valence-electron chi connectivity index (χ3n) is 5.38. The van der Waals surface area contributed by atoms with E-state index < -0.39 is 9.71 Å². The van der Waals surface area contributed by atoms with Crippen LogP contribution in [0.2, 0.25) is 0 Å². The number of carbonyl (C=O) groups excluding carboxylic acids is 1. The highest BCUT2D eigenvalue weighted by atomic mass is 32.2. The predicted octanol–water partition coefficient (Wildman–Crippen LogP) is 4.00. The number of rotatable bonds is 9. The molecule has 7 nitrogen and oxygen atoms in total. The molecular formula is C25H25N5O2S2. The van der Waals surface area contributed by atoms with E-state index in [0.29, 0.717) is 10.1 Å². The molecular weight excluding hydrogens is 466 g/mol. The summed E-state index contributed by atoms with van der Waals surface area (Å²) in [5, 5.41) is 12.5. The van der Waals surface area contributed by atoms with Gasteiger partial charge in [-0.05, 0) is 64.7 Å². The zero-order valence-electron chi connectivity index (χ0n) is 19.0.